The second kappa shape index (κ2) is 7.39. The summed E-state index contributed by atoms with van der Waals surface area (Å²) in [5.41, 5.74) is -5.82. The van der Waals surface area contributed by atoms with Crippen LogP contribution in [-0.2, 0) is 19.1 Å². The van der Waals surface area contributed by atoms with Gasteiger partial charge in [0.2, 0.25) is 0 Å². The van der Waals surface area contributed by atoms with Crippen molar-refractivity contribution in [2.45, 2.75) is 102 Å². The van der Waals surface area contributed by atoms with Crippen LogP contribution in [0.2, 0.25) is 0 Å². The number of fused-ring (bicyclic) bond motifs is 7. The minimum Gasteiger partial charge on any atom is -0.390 e. The summed E-state index contributed by atoms with van der Waals surface area (Å²) < 4.78 is 45.1. The van der Waals surface area contributed by atoms with E-state index in [1.54, 1.807) is 13.8 Å². The highest BCUT2D eigenvalue weighted by Crippen LogP contribution is 2.72. The largest absolute Gasteiger partial charge is 0.390 e. The molecule has 2 N–H and O–H groups in total. The Labute approximate surface area is 192 Å². The number of hydrogen-bond acceptors (Lipinski definition) is 6. The fraction of sp³-hybridized carbons (Fsp3) is 0.840. The average Bonchev–Trinajstić information content (AvgIpc) is 3.24. The third-order valence-electron chi connectivity index (χ3n) is 9.90. The molecule has 4 aliphatic carbocycles. The van der Waals surface area contributed by atoms with Gasteiger partial charge in [0, 0.05) is 23.2 Å². The first-order valence-electron chi connectivity index (χ1n) is 12.2. The van der Waals surface area contributed by atoms with Gasteiger partial charge >= 0.3 is 0 Å². The first-order chi connectivity index (χ1) is 15.5. The van der Waals surface area contributed by atoms with E-state index in [4.69, 9.17) is 9.47 Å². The molecule has 4 fully saturated rings. The standard InChI is InChI=1S/C25H34F2O6/c1-4-5-21-32-20-10-14-15-9-17(26)16-8-13(29)6-7-22(16,2)24(15,27)18(30)11-23(14,3)25(20,33-21)19(31)12-28/h8,14-15,17-18,20-21,28,30H,4-7,9-12H2,1-3H3/t14-,15-,17-,18-,20+,21-,22-,23-,24-,25+/m0/s1. The number of hydrogen-bond donors (Lipinski definition) is 2. The zero-order chi connectivity index (χ0) is 24.0. The maximum absolute atomic E-state index is 17.2. The molecule has 6 nitrogen and oxygen atoms in total. The summed E-state index contributed by atoms with van der Waals surface area (Å²) in [6, 6.07) is 0. The number of alkyl halides is 2. The topological polar surface area (TPSA) is 93.1 Å². The Balaban J connectivity index is 1.61. The maximum atomic E-state index is 17.2. The molecule has 8 heteroatoms. The first kappa shape index (κ1) is 23.5. The summed E-state index contributed by atoms with van der Waals surface area (Å²) in [7, 11) is 0. The summed E-state index contributed by atoms with van der Waals surface area (Å²) >= 11 is 0. The molecule has 0 bridgehead atoms. The van der Waals surface area contributed by atoms with Crippen molar-refractivity contribution in [1.82, 2.24) is 0 Å². The third-order valence-corrected chi connectivity index (χ3v) is 9.90. The Bertz CT molecular complexity index is 907. The van der Waals surface area contributed by atoms with Crippen LogP contribution in [0.4, 0.5) is 8.78 Å². The Morgan fingerprint density at radius 2 is 2.00 bits per heavy atom. The van der Waals surface area contributed by atoms with Crippen LogP contribution in [0.1, 0.15) is 65.7 Å². The molecule has 3 saturated carbocycles. The zero-order valence-corrected chi connectivity index (χ0v) is 19.5. The summed E-state index contributed by atoms with van der Waals surface area (Å²) in [5.74, 6) is -2.10. The number of rotatable bonds is 4. The molecule has 10 atom stereocenters. The minimum absolute atomic E-state index is 0.0666. The number of aliphatic hydroxyl groups is 2. The predicted molar refractivity (Wildman–Crippen MR) is 114 cm³/mol. The van der Waals surface area contributed by atoms with Crippen LogP contribution in [0.25, 0.3) is 0 Å². The first-order valence-corrected chi connectivity index (χ1v) is 12.2. The van der Waals surface area contributed by atoms with Gasteiger partial charge in [-0.05, 0) is 49.7 Å². The molecular formula is C25H34F2O6. The van der Waals surface area contributed by atoms with Crippen LogP contribution >= 0.6 is 0 Å². The average molecular weight is 469 g/mol. The van der Waals surface area contributed by atoms with E-state index >= 15 is 8.78 Å². The lowest BCUT2D eigenvalue weighted by Crippen LogP contribution is -2.71. The Morgan fingerprint density at radius 1 is 1.27 bits per heavy atom. The van der Waals surface area contributed by atoms with E-state index in [-0.39, 0.29) is 37.0 Å². The molecule has 5 aliphatic rings. The van der Waals surface area contributed by atoms with E-state index < -0.39 is 71.0 Å². The molecule has 1 saturated heterocycles. The van der Waals surface area contributed by atoms with Crippen LogP contribution < -0.4 is 0 Å². The SMILES string of the molecule is CCC[C@H]1O[C@@H]2C[C@H]3[C@@H]4C[C@H](F)C5=CC(=O)CC[C@]5(C)[C@@]4(F)[C@@H](O)C[C@]3(C)[C@]2(C(=O)CO)O1. The minimum atomic E-state index is -2.14. The van der Waals surface area contributed by atoms with Crippen molar-refractivity contribution in [2.75, 3.05) is 6.61 Å². The Hall–Kier alpha value is -1.22. The quantitative estimate of drug-likeness (QED) is 0.659. The van der Waals surface area contributed by atoms with Crippen molar-refractivity contribution in [1.29, 1.82) is 0 Å². The van der Waals surface area contributed by atoms with Crippen molar-refractivity contribution in [3.63, 3.8) is 0 Å². The van der Waals surface area contributed by atoms with Crippen molar-refractivity contribution >= 4 is 11.6 Å². The van der Waals surface area contributed by atoms with Gasteiger partial charge in [-0.25, -0.2) is 8.78 Å². The number of carbonyl (C=O) groups is 2. The highest BCUT2D eigenvalue weighted by molar-refractivity contribution is 5.92. The second-order valence-corrected chi connectivity index (χ2v) is 11.2. The molecule has 0 aromatic rings. The molecule has 1 aliphatic heterocycles. The van der Waals surface area contributed by atoms with E-state index in [0.717, 1.165) is 6.42 Å². The van der Waals surface area contributed by atoms with Gasteiger partial charge in [0.05, 0.1) is 12.2 Å². The number of halogens is 2. The Kier molecular flexibility index (Phi) is 5.27. The van der Waals surface area contributed by atoms with Gasteiger partial charge in [0.15, 0.2) is 23.5 Å². The lowest BCUT2D eigenvalue weighted by atomic mass is 9.43. The van der Waals surface area contributed by atoms with Gasteiger partial charge in [-0.2, -0.15) is 0 Å². The summed E-state index contributed by atoms with van der Waals surface area (Å²) in [5, 5.41) is 21.3. The van der Waals surface area contributed by atoms with Gasteiger partial charge in [-0.1, -0.05) is 27.2 Å². The van der Waals surface area contributed by atoms with E-state index in [2.05, 4.69) is 0 Å². The lowest BCUT2D eigenvalue weighted by molar-refractivity contribution is -0.242. The molecule has 0 unspecified atom stereocenters. The second-order valence-electron chi connectivity index (χ2n) is 11.2. The van der Waals surface area contributed by atoms with E-state index in [1.807, 2.05) is 6.92 Å². The lowest BCUT2D eigenvalue weighted by Gasteiger charge is -2.64. The number of aliphatic hydroxyl groups excluding tert-OH is 2. The Morgan fingerprint density at radius 3 is 2.67 bits per heavy atom. The molecule has 0 aromatic carbocycles. The molecule has 1 heterocycles. The van der Waals surface area contributed by atoms with Gasteiger partial charge in [0.1, 0.15) is 18.4 Å². The van der Waals surface area contributed by atoms with Gasteiger partial charge in [0.25, 0.3) is 0 Å². The van der Waals surface area contributed by atoms with Crippen LogP contribution in [0.15, 0.2) is 11.6 Å². The smallest absolute Gasteiger partial charge is 0.193 e. The fourth-order valence-corrected chi connectivity index (χ4v) is 8.36. The molecule has 0 aromatic heterocycles. The number of allylic oxidation sites excluding steroid dienone is 1. The van der Waals surface area contributed by atoms with Crippen LogP contribution in [0.5, 0.6) is 0 Å². The van der Waals surface area contributed by atoms with Crippen LogP contribution in [0.3, 0.4) is 0 Å². The molecule has 0 amide bonds. The molecule has 5 rings (SSSR count). The zero-order valence-electron chi connectivity index (χ0n) is 19.5. The molecule has 33 heavy (non-hydrogen) atoms. The van der Waals surface area contributed by atoms with E-state index in [9.17, 15) is 19.8 Å². The van der Waals surface area contributed by atoms with Crippen molar-refractivity contribution < 1.29 is 38.1 Å². The van der Waals surface area contributed by atoms with E-state index in [1.165, 1.54) is 6.08 Å². The highest BCUT2D eigenvalue weighted by atomic mass is 19.1. The van der Waals surface area contributed by atoms with Gasteiger partial charge in [-0.3, -0.25) is 9.59 Å². The third kappa shape index (κ3) is 2.67. The molecule has 184 valence electrons. The number of ether oxygens (including phenoxy) is 2. The summed E-state index contributed by atoms with van der Waals surface area (Å²) in [6.07, 6.45) is -1.37. The van der Waals surface area contributed by atoms with Crippen LogP contribution in [-0.4, -0.2) is 64.3 Å². The predicted octanol–water partition coefficient (Wildman–Crippen LogP) is 2.98. The van der Waals surface area contributed by atoms with E-state index in [0.29, 0.717) is 12.8 Å². The van der Waals surface area contributed by atoms with Crippen molar-refractivity contribution in [3.8, 4) is 0 Å². The van der Waals surface area contributed by atoms with Crippen LogP contribution in [0, 0.1) is 22.7 Å². The number of carbonyl (C=O) groups excluding carboxylic acids is 2. The summed E-state index contributed by atoms with van der Waals surface area (Å²) in [6.45, 7) is 4.65. The van der Waals surface area contributed by atoms with Gasteiger partial charge < -0.3 is 19.7 Å². The highest BCUT2D eigenvalue weighted by Gasteiger charge is 2.80. The van der Waals surface area contributed by atoms with Gasteiger partial charge in [-0.15, -0.1) is 0 Å². The molecule has 0 radical (unpaired) electrons. The molecular weight excluding hydrogens is 434 g/mol. The van der Waals surface area contributed by atoms with Crippen molar-refractivity contribution in [2.24, 2.45) is 22.7 Å². The maximum Gasteiger partial charge on any atom is 0.193 e. The summed E-state index contributed by atoms with van der Waals surface area (Å²) in [4.78, 5) is 25.2. The van der Waals surface area contributed by atoms with Crippen molar-refractivity contribution in [3.05, 3.63) is 11.6 Å². The number of ketones is 2. The monoisotopic (exact) mass is 468 g/mol. The molecule has 0 spiro atoms. The normalized spacial score (nSPS) is 53.1. The number of Topliss-reactive ketones (excluding diaryl/α,β-unsaturated/α-hetero) is 1. The fourth-order valence-electron chi connectivity index (χ4n) is 8.36.